The maximum absolute atomic E-state index is 5.37. The molecule has 0 spiro atoms. The number of hydrogen-bond donors (Lipinski definition) is 1. The van der Waals surface area contributed by atoms with Crippen molar-refractivity contribution in [1.82, 2.24) is 0 Å². The zero-order valence-electron chi connectivity index (χ0n) is 5.70. The lowest BCUT2D eigenvalue weighted by molar-refractivity contribution is 0.283. The molecule has 11 heavy (non-hydrogen) atoms. The van der Waals surface area contributed by atoms with Crippen LogP contribution in [0.25, 0.3) is 0 Å². The molecule has 68 valence electrons. The molecular weight excluding hydrogens is 246 g/mol. The highest BCUT2D eigenvalue weighted by Gasteiger charge is 2.11. The monoisotopic (exact) mass is 254 g/mol. The van der Waals surface area contributed by atoms with Gasteiger partial charge in [0.25, 0.3) is 0 Å². The number of halogens is 2. The van der Waals surface area contributed by atoms with Gasteiger partial charge >= 0.3 is 0 Å². The van der Waals surface area contributed by atoms with Gasteiger partial charge in [0.15, 0.2) is 0 Å². The van der Waals surface area contributed by atoms with Gasteiger partial charge in [-0.2, -0.15) is 0 Å². The Morgan fingerprint density at radius 3 is 1.82 bits per heavy atom. The maximum Gasteiger partial charge on any atom is 0.244 e. The van der Waals surface area contributed by atoms with E-state index in [2.05, 4.69) is 12.2 Å². The van der Waals surface area contributed by atoms with Crippen molar-refractivity contribution >= 4 is 53.0 Å². The average Bonchev–Trinajstić information content (AvgIpc) is 1.97. The van der Waals surface area contributed by atoms with Gasteiger partial charge in [-0.05, 0) is 11.8 Å². The van der Waals surface area contributed by atoms with Crippen LogP contribution in [0.3, 0.4) is 0 Å². The average molecular weight is 255 g/mol. The van der Waals surface area contributed by atoms with E-state index in [1.807, 2.05) is 0 Å². The van der Waals surface area contributed by atoms with Crippen LogP contribution < -0.4 is 0 Å². The molecule has 2 nitrogen and oxygen atoms in total. The lowest BCUT2D eigenvalue weighted by atomic mass is 10.9. The van der Waals surface area contributed by atoms with Crippen molar-refractivity contribution < 1.29 is 9.05 Å². The summed E-state index contributed by atoms with van der Waals surface area (Å²) in [6.45, 7) is 0.731. The molecule has 7 heteroatoms. The molecule has 0 aliphatic heterocycles. The van der Waals surface area contributed by atoms with Crippen molar-refractivity contribution in [3.63, 3.8) is 0 Å². The second kappa shape index (κ2) is 6.96. The molecule has 0 aliphatic carbocycles. The fourth-order valence-corrected chi connectivity index (χ4v) is 2.36. The number of hydrogen-bond acceptors (Lipinski definition) is 3. The molecule has 0 heterocycles. The SMILES string of the molecule is S=P(S)(OCCCl)OCCCl. The summed E-state index contributed by atoms with van der Waals surface area (Å²) in [6.07, 6.45) is 0. The van der Waals surface area contributed by atoms with E-state index < -0.39 is 5.69 Å². The van der Waals surface area contributed by atoms with Crippen molar-refractivity contribution in [2.24, 2.45) is 0 Å². The quantitative estimate of drug-likeness (QED) is 0.447. The van der Waals surface area contributed by atoms with Gasteiger partial charge in [-0.3, -0.25) is 0 Å². The first-order chi connectivity index (χ1) is 5.12. The molecule has 0 bridgehead atoms. The predicted molar refractivity (Wildman–Crippen MR) is 56.6 cm³/mol. The minimum atomic E-state index is -2.37. The first-order valence-corrected chi connectivity index (χ1v) is 7.72. The molecule has 0 atom stereocenters. The number of thiol groups is 1. The van der Waals surface area contributed by atoms with Gasteiger partial charge in [-0.25, -0.2) is 0 Å². The van der Waals surface area contributed by atoms with Crippen LogP contribution >= 0.6 is 41.1 Å². The lowest BCUT2D eigenvalue weighted by Gasteiger charge is -2.14. The van der Waals surface area contributed by atoms with E-state index in [4.69, 9.17) is 44.1 Å². The molecule has 0 aromatic heterocycles. The number of rotatable bonds is 6. The molecule has 0 saturated heterocycles. The predicted octanol–water partition coefficient (Wildman–Crippen LogP) is 2.65. The van der Waals surface area contributed by atoms with Crippen LogP contribution in [0, 0.1) is 0 Å². The normalized spacial score (nSPS) is 11.9. The van der Waals surface area contributed by atoms with E-state index >= 15 is 0 Å². The van der Waals surface area contributed by atoms with Gasteiger partial charge in [0.2, 0.25) is 5.69 Å². The van der Waals surface area contributed by atoms with Gasteiger partial charge in [0, 0.05) is 11.8 Å². The second-order valence-electron chi connectivity index (χ2n) is 1.51. The standard InChI is InChI=1S/C4H9Cl2O2PS2/c5-1-3-7-9(10,11)8-4-2-6/h1-4H2,(H,10,11). The molecule has 0 fully saturated rings. The van der Waals surface area contributed by atoms with E-state index in [1.165, 1.54) is 0 Å². The molecule has 0 unspecified atom stereocenters. The highest BCUT2D eigenvalue weighted by atomic mass is 35.5. The van der Waals surface area contributed by atoms with Crippen molar-refractivity contribution in [3.8, 4) is 0 Å². The molecule has 0 radical (unpaired) electrons. The summed E-state index contributed by atoms with van der Waals surface area (Å²) in [7, 11) is 0. The van der Waals surface area contributed by atoms with Crippen molar-refractivity contribution in [2.45, 2.75) is 0 Å². The Kier molecular flexibility index (Phi) is 7.91. The van der Waals surface area contributed by atoms with E-state index in [0.717, 1.165) is 0 Å². The molecule has 0 N–H and O–H groups in total. The Morgan fingerprint density at radius 2 is 1.55 bits per heavy atom. The minimum Gasteiger partial charge on any atom is -0.321 e. The van der Waals surface area contributed by atoms with Crippen molar-refractivity contribution in [3.05, 3.63) is 0 Å². The molecule has 0 aliphatic rings. The first kappa shape index (κ1) is 12.5. The zero-order valence-corrected chi connectivity index (χ0v) is 9.82. The molecular formula is C4H9Cl2O2PS2. The smallest absolute Gasteiger partial charge is 0.244 e. The van der Waals surface area contributed by atoms with E-state index in [9.17, 15) is 0 Å². The third kappa shape index (κ3) is 7.85. The Hall–Kier alpha value is 1.50. The third-order valence-electron chi connectivity index (χ3n) is 0.663. The fourth-order valence-electron chi connectivity index (χ4n) is 0.337. The van der Waals surface area contributed by atoms with Crippen molar-refractivity contribution in [2.75, 3.05) is 25.0 Å². The van der Waals surface area contributed by atoms with Crippen LogP contribution in [0.4, 0.5) is 0 Å². The third-order valence-corrected chi connectivity index (χ3v) is 3.31. The maximum atomic E-state index is 5.37. The topological polar surface area (TPSA) is 18.5 Å². The Morgan fingerprint density at radius 1 is 1.18 bits per heavy atom. The van der Waals surface area contributed by atoms with Gasteiger partial charge in [0.1, 0.15) is 0 Å². The Balaban J connectivity index is 3.53. The van der Waals surface area contributed by atoms with Crippen LogP contribution in [-0.4, -0.2) is 25.0 Å². The van der Waals surface area contributed by atoms with Gasteiger partial charge in [-0.1, -0.05) is 12.2 Å². The van der Waals surface area contributed by atoms with E-state index in [-0.39, 0.29) is 0 Å². The Labute approximate surface area is 86.9 Å². The highest BCUT2D eigenvalue weighted by molar-refractivity contribution is 8.60. The minimum absolute atomic E-state index is 0.366. The summed E-state index contributed by atoms with van der Waals surface area (Å²) in [6, 6.07) is 0. The summed E-state index contributed by atoms with van der Waals surface area (Å²) in [5.74, 6) is 0.784. The van der Waals surface area contributed by atoms with Crippen LogP contribution in [-0.2, 0) is 20.9 Å². The lowest BCUT2D eigenvalue weighted by Crippen LogP contribution is -1.96. The summed E-state index contributed by atoms with van der Waals surface area (Å²) >= 11 is 19.7. The Bertz CT molecular complexity index is 134. The first-order valence-electron chi connectivity index (χ1n) is 2.86. The second-order valence-corrected chi connectivity index (χ2v) is 7.56. The summed E-state index contributed by atoms with van der Waals surface area (Å²) in [5.41, 5.74) is -2.37. The zero-order chi connectivity index (χ0) is 8.74. The van der Waals surface area contributed by atoms with E-state index in [0.29, 0.717) is 25.0 Å². The van der Waals surface area contributed by atoms with Crippen LogP contribution in [0.15, 0.2) is 0 Å². The van der Waals surface area contributed by atoms with Gasteiger partial charge in [-0.15, -0.1) is 23.2 Å². The molecule has 0 rings (SSSR count). The van der Waals surface area contributed by atoms with E-state index in [1.54, 1.807) is 0 Å². The fraction of sp³-hybridized carbons (Fsp3) is 1.00. The molecule has 0 saturated carbocycles. The molecule has 0 amide bonds. The van der Waals surface area contributed by atoms with Crippen molar-refractivity contribution in [1.29, 1.82) is 0 Å². The number of alkyl halides is 2. The molecule has 0 aromatic carbocycles. The van der Waals surface area contributed by atoms with Crippen LogP contribution in [0.5, 0.6) is 0 Å². The summed E-state index contributed by atoms with van der Waals surface area (Å²) in [4.78, 5) is 0. The van der Waals surface area contributed by atoms with Gasteiger partial charge in [0.05, 0.1) is 13.2 Å². The van der Waals surface area contributed by atoms with Crippen LogP contribution in [0.1, 0.15) is 0 Å². The summed E-state index contributed by atoms with van der Waals surface area (Å²) in [5, 5.41) is 0. The van der Waals surface area contributed by atoms with Gasteiger partial charge < -0.3 is 9.05 Å². The highest BCUT2D eigenvalue weighted by Crippen LogP contribution is 2.53. The largest absolute Gasteiger partial charge is 0.321 e. The van der Waals surface area contributed by atoms with Crippen LogP contribution in [0.2, 0.25) is 0 Å². The molecule has 0 aromatic rings. The summed E-state index contributed by atoms with van der Waals surface area (Å²) < 4.78 is 10.1.